The maximum Gasteiger partial charge on any atom is 0.117 e. The number of para-hydroxylation sites is 1. The van der Waals surface area contributed by atoms with Crippen LogP contribution in [0.15, 0.2) is 29.3 Å². The lowest BCUT2D eigenvalue weighted by atomic mass is 10.1. The highest BCUT2D eigenvalue weighted by molar-refractivity contribution is 5.84. The largest absolute Gasteiger partial charge is 0.376 e. The van der Waals surface area contributed by atoms with Crippen LogP contribution in [0.2, 0.25) is 0 Å². The Balaban J connectivity index is 2.40. The van der Waals surface area contributed by atoms with Gasteiger partial charge in [0.1, 0.15) is 12.6 Å². The van der Waals surface area contributed by atoms with Crippen LogP contribution in [0.4, 0.5) is 5.69 Å². The lowest BCUT2D eigenvalue weighted by Gasteiger charge is -2.26. The highest BCUT2D eigenvalue weighted by atomic mass is 16.3. The average Bonchev–Trinajstić information content (AvgIpc) is 2.17. The molecule has 1 aromatic carbocycles. The van der Waals surface area contributed by atoms with Gasteiger partial charge in [0.2, 0.25) is 0 Å². The van der Waals surface area contributed by atoms with E-state index in [-0.39, 0.29) is 6.73 Å². The minimum Gasteiger partial charge on any atom is -0.376 e. The molecule has 0 amide bonds. The third kappa shape index (κ3) is 1.42. The maximum absolute atomic E-state index is 9.03. The van der Waals surface area contributed by atoms with Crippen LogP contribution < -0.4 is 0 Å². The van der Waals surface area contributed by atoms with Gasteiger partial charge in [0.25, 0.3) is 0 Å². The fraction of sp³-hybridized carbons (Fsp3) is 0.300. The van der Waals surface area contributed by atoms with Crippen LogP contribution in [0.1, 0.15) is 12.5 Å². The number of rotatable bonds is 1. The second-order valence-electron chi connectivity index (χ2n) is 3.13. The number of hydrogen-bond donors (Lipinski definition) is 1. The lowest BCUT2D eigenvalue weighted by Crippen LogP contribution is -2.31. The van der Waals surface area contributed by atoms with Gasteiger partial charge in [0.05, 0.1) is 5.69 Å². The van der Waals surface area contributed by atoms with E-state index < -0.39 is 0 Å². The molecule has 0 spiro atoms. The molecule has 0 unspecified atom stereocenters. The van der Waals surface area contributed by atoms with Gasteiger partial charge >= 0.3 is 0 Å². The van der Waals surface area contributed by atoms with Crippen LogP contribution in [0.25, 0.3) is 0 Å². The average molecular weight is 176 g/mol. The first-order valence-corrected chi connectivity index (χ1v) is 4.30. The molecule has 0 atom stereocenters. The van der Waals surface area contributed by atoms with Crippen molar-refractivity contribution in [3.63, 3.8) is 0 Å². The number of benzene rings is 1. The number of nitrogens with zero attached hydrogens (tertiary/aromatic N) is 2. The number of aliphatic hydroxyl groups excluding tert-OH is 1. The molecule has 0 bridgehead atoms. The molecule has 1 aromatic rings. The molecule has 1 aliphatic heterocycles. The third-order valence-electron chi connectivity index (χ3n) is 2.26. The third-order valence-corrected chi connectivity index (χ3v) is 2.26. The van der Waals surface area contributed by atoms with E-state index in [4.69, 9.17) is 5.11 Å². The number of aliphatic imine (C=N–C) groups is 1. The van der Waals surface area contributed by atoms with Crippen LogP contribution in [-0.2, 0) is 6.54 Å². The first-order valence-electron chi connectivity index (χ1n) is 4.30. The highest BCUT2D eigenvalue weighted by Crippen LogP contribution is 2.24. The zero-order valence-electron chi connectivity index (χ0n) is 7.57. The summed E-state index contributed by atoms with van der Waals surface area (Å²) in [5.74, 6) is 0.876. The predicted octanol–water partition coefficient (Wildman–Crippen LogP) is 1.50. The van der Waals surface area contributed by atoms with E-state index in [2.05, 4.69) is 4.99 Å². The smallest absolute Gasteiger partial charge is 0.117 e. The van der Waals surface area contributed by atoms with Gasteiger partial charge in [-0.2, -0.15) is 0 Å². The summed E-state index contributed by atoms with van der Waals surface area (Å²) in [5, 5.41) is 9.03. The van der Waals surface area contributed by atoms with Crippen molar-refractivity contribution in [3.05, 3.63) is 29.8 Å². The van der Waals surface area contributed by atoms with Crippen LogP contribution in [-0.4, -0.2) is 22.6 Å². The summed E-state index contributed by atoms with van der Waals surface area (Å²) in [7, 11) is 0. The monoisotopic (exact) mass is 176 g/mol. The Kier molecular flexibility index (Phi) is 2.02. The van der Waals surface area contributed by atoms with Gasteiger partial charge in [-0.3, -0.25) is 0 Å². The molecule has 0 fully saturated rings. The molecule has 0 radical (unpaired) electrons. The van der Waals surface area contributed by atoms with Gasteiger partial charge in [-0.1, -0.05) is 18.2 Å². The molecule has 3 heteroatoms. The van der Waals surface area contributed by atoms with Gasteiger partial charge in [-0.25, -0.2) is 4.99 Å². The van der Waals surface area contributed by atoms with Crippen molar-refractivity contribution >= 4 is 11.5 Å². The normalized spacial score (nSPS) is 15.2. The van der Waals surface area contributed by atoms with E-state index in [1.807, 2.05) is 36.1 Å². The molecule has 0 saturated carbocycles. The van der Waals surface area contributed by atoms with Crippen LogP contribution >= 0.6 is 0 Å². The number of fused-ring (bicyclic) bond motifs is 1. The van der Waals surface area contributed by atoms with Crippen molar-refractivity contribution < 1.29 is 5.11 Å². The van der Waals surface area contributed by atoms with Crippen LogP contribution in [0.5, 0.6) is 0 Å². The summed E-state index contributed by atoms with van der Waals surface area (Å²) in [6.07, 6.45) is 0. The van der Waals surface area contributed by atoms with Crippen molar-refractivity contribution in [2.24, 2.45) is 4.99 Å². The Bertz CT molecular complexity index is 347. The van der Waals surface area contributed by atoms with Crippen LogP contribution in [0, 0.1) is 0 Å². The van der Waals surface area contributed by atoms with Crippen molar-refractivity contribution in [2.75, 3.05) is 6.73 Å². The van der Waals surface area contributed by atoms with Gasteiger partial charge in [0, 0.05) is 6.54 Å². The number of hydrogen-bond acceptors (Lipinski definition) is 3. The van der Waals surface area contributed by atoms with E-state index in [0.29, 0.717) is 0 Å². The predicted molar refractivity (Wildman–Crippen MR) is 51.8 cm³/mol. The van der Waals surface area contributed by atoms with Gasteiger partial charge in [-0.15, -0.1) is 0 Å². The molecule has 1 heterocycles. The van der Waals surface area contributed by atoms with E-state index in [0.717, 1.165) is 18.1 Å². The van der Waals surface area contributed by atoms with Gasteiger partial charge in [-0.05, 0) is 18.6 Å². The summed E-state index contributed by atoms with van der Waals surface area (Å²) in [5.41, 5.74) is 2.19. The number of aliphatic hydroxyl groups is 1. The Hall–Kier alpha value is -1.35. The van der Waals surface area contributed by atoms with Gasteiger partial charge < -0.3 is 10.0 Å². The summed E-state index contributed by atoms with van der Waals surface area (Å²) < 4.78 is 0. The van der Waals surface area contributed by atoms with Crippen LogP contribution in [0.3, 0.4) is 0 Å². The Morgan fingerprint density at radius 3 is 3.00 bits per heavy atom. The molecule has 0 aliphatic carbocycles. The SMILES string of the molecule is CC1=Nc2ccccc2CN1CO. The summed E-state index contributed by atoms with van der Waals surface area (Å²) in [6.45, 7) is 2.69. The molecule has 13 heavy (non-hydrogen) atoms. The first kappa shape index (κ1) is 8.26. The zero-order chi connectivity index (χ0) is 9.26. The zero-order valence-corrected chi connectivity index (χ0v) is 7.57. The molecule has 0 saturated heterocycles. The minimum absolute atomic E-state index is 0.0314. The molecular weight excluding hydrogens is 164 g/mol. The van der Waals surface area contributed by atoms with E-state index >= 15 is 0 Å². The summed E-state index contributed by atoms with van der Waals surface area (Å²) in [6, 6.07) is 8.00. The maximum atomic E-state index is 9.03. The molecule has 3 nitrogen and oxygen atoms in total. The molecular formula is C10H12N2O. The second-order valence-corrected chi connectivity index (χ2v) is 3.13. The number of amidine groups is 1. The minimum atomic E-state index is 0.0314. The Morgan fingerprint density at radius 1 is 1.46 bits per heavy atom. The van der Waals surface area contributed by atoms with Crippen molar-refractivity contribution in [1.29, 1.82) is 0 Å². The molecule has 1 N–H and O–H groups in total. The fourth-order valence-electron chi connectivity index (χ4n) is 1.47. The lowest BCUT2D eigenvalue weighted by molar-refractivity contribution is 0.163. The Labute approximate surface area is 77.3 Å². The second kappa shape index (κ2) is 3.18. The molecule has 0 aromatic heterocycles. The molecule has 68 valence electrons. The topological polar surface area (TPSA) is 35.8 Å². The van der Waals surface area contributed by atoms with Crippen molar-refractivity contribution in [1.82, 2.24) is 4.90 Å². The van der Waals surface area contributed by atoms with E-state index in [1.54, 1.807) is 0 Å². The molecule has 1 aliphatic rings. The first-order chi connectivity index (χ1) is 6.31. The summed E-state index contributed by atoms with van der Waals surface area (Å²) in [4.78, 5) is 6.22. The van der Waals surface area contributed by atoms with E-state index in [1.165, 1.54) is 5.56 Å². The van der Waals surface area contributed by atoms with Gasteiger partial charge in [0.15, 0.2) is 0 Å². The Morgan fingerprint density at radius 2 is 2.23 bits per heavy atom. The van der Waals surface area contributed by atoms with Crippen molar-refractivity contribution in [2.45, 2.75) is 13.5 Å². The van der Waals surface area contributed by atoms with Crippen molar-refractivity contribution in [3.8, 4) is 0 Å². The summed E-state index contributed by atoms with van der Waals surface area (Å²) >= 11 is 0. The molecule has 2 rings (SSSR count). The highest BCUT2D eigenvalue weighted by Gasteiger charge is 2.14. The fourth-order valence-corrected chi connectivity index (χ4v) is 1.47. The van der Waals surface area contributed by atoms with E-state index in [9.17, 15) is 0 Å². The quantitative estimate of drug-likeness (QED) is 0.704. The standard InChI is InChI=1S/C10H12N2O/c1-8-11-10-5-3-2-4-9(10)6-12(8)7-13/h2-5,13H,6-7H2,1H3.